The quantitative estimate of drug-likeness (QED) is 0.744. The predicted molar refractivity (Wildman–Crippen MR) is 103 cm³/mol. The molecule has 0 saturated carbocycles. The summed E-state index contributed by atoms with van der Waals surface area (Å²) in [5.74, 6) is 0.848. The highest BCUT2D eigenvalue weighted by molar-refractivity contribution is 5.90. The highest BCUT2D eigenvalue weighted by Gasteiger charge is 2.10. The van der Waals surface area contributed by atoms with Gasteiger partial charge in [-0.25, -0.2) is 9.97 Å². The van der Waals surface area contributed by atoms with Crippen molar-refractivity contribution < 1.29 is 0 Å². The molecule has 2 heterocycles. The van der Waals surface area contributed by atoms with Crippen LogP contribution in [0.4, 0.5) is 17.2 Å². The average molecular weight is 341 g/mol. The number of para-hydroxylation sites is 1. The zero-order chi connectivity index (χ0) is 15.5. The summed E-state index contributed by atoms with van der Waals surface area (Å²) in [6, 6.07) is 16.7. The molecule has 1 fully saturated rings. The number of benzene rings is 2. The van der Waals surface area contributed by atoms with Crippen molar-refractivity contribution in [2.75, 3.05) is 23.3 Å². The normalized spacial score (nSPS) is 14.2. The molecule has 1 N–H and O–H groups in total. The van der Waals surface area contributed by atoms with Gasteiger partial charge in [0.25, 0.3) is 0 Å². The topological polar surface area (TPSA) is 41.0 Å². The summed E-state index contributed by atoms with van der Waals surface area (Å²) in [5.41, 5.74) is 3.31. The molecule has 1 saturated heterocycles. The molecule has 4 rings (SSSR count). The van der Waals surface area contributed by atoms with Gasteiger partial charge in [-0.2, -0.15) is 0 Å². The van der Waals surface area contributed by atoms with Crippen LogP contribution in [0.3, 0.4) is 0 Å². The molecule has 0 aliphatic carbocycles. The smallest absolute Gasteiger partial charge is 0.141 e. The number of nitrogens with one attached hydrogen (secondary N) is 1. The van der Waals surface area contributed by atoms with E-state index < -0.39 is 0 Å². The molecule has 4 nitrogen and oxygen atoms in total. The van der Waals surface area contributed by atoms with E-state index in [2.05, 4.69) is 44.5 Å². The Morgan fingerprint density at radius 1 is 0.833 bits per heavy atom. The van der Waals surface area contributed by atoms with Gasteiger partial charge in [-0.05, 0) is 55.7 Å². The molecule has 0 bridgehead atoms. The Balaban J connectivity index is 0.00000169. The van der Waals surface area contributed by atoms with E-state index in [1.165, 1.54) is 38.0 Å². The van der Waals surface area contributed by atoms with Crippen LogP contribution < -0.4 is 10.2 Å². The molecule has 0 radical (unpaired) electrons. The SMILES string of the molecule is Cl.c1ccc2c(Nc3ccc(N4CCCCC4)cc3)ncnc2c1. The first-order valence-electron chi connectivity index (χ1n) is 8.22. The molecule has 0 amide bonds. The molecule has 0 spiro atoms. The van der Waals surface area contributed by atoms with Gasteiger partial charge in [0.1, 0.15) is 12.1 Å². The van der Waals surface area contributed by atoms with Crippen molar-refractivity contribution in [3.63, 3.8) is 0 Å². The molecule has 0 unspecified atom stereocenters. The second kappa shape index (κ2) is 7.49. The maximum absolute atomic E-state index is 4.38. The van der Waals surface area contributed by atoms with Crippen LogP contribution in [0.1, 0.15) is 19.3 Å². The van der Waals surface area contributed by atoms with E-state index in [4.69, 9.17) is 0 Å². The Morgan fingerprint density at radius 2 is 1.58 bits per heavy atom. The van der Waals surface area contributed by atoms with Gasteiger partial charge in [0.2, 0.25) is 0 Å². The third kappa shape index (κ3) is 3.44. The minimum Gasteiger partial charge on any atom is -0.372 e. The highest BCUT2D eigenvalue weighted by atomic mass is 35.5. The van der Waals surface area contributed by atoms with Crippen LogP contribution >= 0.6 is 12.4 Å². The number of hydrogen-bond acceptors (Lipinski definition) is 4. The maximum atomic E-state index is 4.38. The Labute approximate surface area is 148 Å². The van der Waals surface area contributed by atoms with Crippen LogP contribution in [0.15, 0.2) is 54.9 Å². The zero-order valence-electron chi connectivity index (χ0n) is 13.5. The van der Waals surface area contributed by atoms with Crippen molar-refractivity contribution in [1.29, 1.82) is 0 Å². The molecule has 3 aromatic rings. The molecule has 5 heteroatoms. The fraction of sp³-hybridized carbons (Fsp3) is 0.263. The Morgan fingerprint density at radius 3 is 2.38 bits per heavy atom. The molecule has 0 atom stereocenters. The van der Waals surface area contributed by atoms with Gasteiger partial charge in [0.05, 0.1) is 5.52 Å². The van der Waals surface area contributed by atoms with Crippen molar-refractivity contribution in [2.45, 2.75) is 19.3 Å². The van der Waals surface area contributed by atoms with E-state index >= 15 is 0 Å². The molecular formula is C19H21ClN4. The summed E-state index contributed by atoms with van der Waals surface area (Å²) in [5, 5.41) is 4.44. The molecule has 24 heavy (non-hydrogen) atoms. The first-order valence-corrected chi connectivity index (χ1v) is 8.22. The van der Waals surface area contributed by atoms with Gasteiger partial charge in [-0.15, -0.1) is 12.4 Å². The van der Waals surface area contributed by atoms with Gasteiger partial charge in [0, 0.05) is 29.9 Å². The van der Waals surface area contributed by atoms with E-state index in [9.17, 15) is 0 Å². The third-order valence-electron chi connectivity index (χ3n) is 4.39. The van der Waals surface area contributed by atoms with E-state index in [0.717, 1.165) is 22.4 Å². The van der Waals surface area contributed by atoms with Crippen LogP contribution in [-0.2, 0) is 0 Å². The first-order chi connectivity index (χ1) is 11.4. The van der Waals surface area contributed by atoms with Crippen molar-refractivity contribution in [3.05, 3.63) is 54.9 Å². The van der Waals surface area contributed by atoms with Crippen LogP contribution in [0.25, 0.3) is 10.9 Å². The average Bonchev–Trinajstić information content (AvgIpc) is 2.63. The minimum atomic E-state index is 0. The number of hydrogen-bond donors (Lipinski definition) is 1. The summed E-state index contributed by atoms with van der Waals surface area (Å²) in [6.45, 7) is 2.34. The number of piperidine rings is 1. The Kier molecular flexibility index (Phi) is 5.16. The number of nitrogens with zero attached hydrogens (tertiary/aromatic N) is 3. The predicted octanol–water partition coefficient (Wildman–Crippen LogP) is 4.79. The number of anilines is 3. The van der Waals surface area contributed by atoms with Crippen molar-refractivity contribution >= 4 is 40.5 Å². The largest absolute Gasteiger partial charge is 0.372 e. The number of rotatable bonds is 3. The second-order valence-corrected chi connectivity index (χ2v) is 5.96. The standard InChI is InChI=1S/C19H20N4.ClH/c1-4-12-23(13-5-1)16-10-8-15(9-11-16)22-19-17-6-2-3-7-18(17)20-14-21-19;/h2-3,6-11,14H,1,4-5,12-13H2,(H,20,21,22);1H. The van der Waals surface area contributed by atoms with E-state index in [1.807, 2.05) is 24.3 Å². The zero-order valence-corrected chi connectivity index (χ0v) is 14.3. The summed E-state index contributed by atoms with van der Waals surface area (Å²) < 4.78 is 0. The molecule has 1 aromatic heterocycles. The third-order valence-corrected chi connectivity index (χ3v) is 4.39. The molecule has 1 aliphatic heterocycles. The van der Waals surface area contributed by atoms with E-state index in [0.29, 0.717) is 0 Å². The van der Waals surface area contributed by atoms with Gasteiger partial charge < -0.3 is 10.2 Å². The van der Waals surface area contributed by atoms with Crippen molar-refractivity contribution in [1.82, 2.24) is 9.97 Å². The lowest BCUT2D eigenvalue weighted by atomic mass is 10.1. The number of halogens is 1. The fourth-order valence-electron chi connectivity index (χ4n) is 3.15. The summed E-state index contributed by atoms with van der Waals surface area (Å²) >= 11 is 0. The fourth-order valence-corrected chi connectivity index (χ4v) is 3.15. The Bertz CT molecular complexity index is 793. The summed E-state index contributed by atoms with van der Waals surface area (Å²) in [7, 11) is 0. The summed E-state index contributed by atoms with van der Waals surface area (Å²) in [6.07, 6.45) is 5.56. The Hall–Kier alpha value is -2.33. The lowest BCUT2D eigenvalue weighted by molar-refractivity contribution is 0.578. The minimum absolute atomic E-state index is 0. The second-order valence-electron chi connectivity index (χ2n) is 5.96. The maximum Gasteiger partial charge on any atom is 0.141 e. The monoisotopic (exact) mass is 340 g/mol. The van der Waals surface area contributed by atoms with Crippen molar-refractivity contribution in [3.8, 4) is 0 Å². The number of fused-ring (bicyclic) bond motifs is 1. The highest BCUT2D eigenvalue weighted by Crippen LogP contribution is 2.25. The molecule has 2 aromatic carbocycles. The number of aromatic nitrogens is 2. The van der Waals surface area contributed by atoms with Crippen LogP contribution in [0.2, 0.25) is 0 Å². The van der Waals surface area contributed by atoms with E-state index in [1.54, 1.807) is 6.33 Å². The van der Waals surface area contributed by atoms with Crippen molar-refractivity contribution in [2.24, 2.45) is 0 Å². The van der Waals surface area contributed by atoms with Gasteiger partial charge >= 0.3 is 0 Å². The molecular weight excluding hydrogens is 320 g/mol. The first kappa shape index (κ1) is 16.5. The lowest BCUT2D eigenvalue weighted by Gasteiger charge is -2.28. The van der Waals surface area contributed by atoms with Gasteiger partial charge in [-0.3, -0.25) is 0 Å². The van der Waals surface area contributed by atoms with Crippen LogP contribution in [0, 0.1) is 0 Å². The van der Waals surface area contributed by atoms with Gasteiger partial charge in [0.15, 0.2) is 0 Å². The van der Waals surface area contributed by atoms with E-state index in [-0.39, 0.29) is 12.4 Å². The van der Waals surface area contributed by atoms with Gasteiger partial charge in [-0.1, -0.05) is 12.1 Å². The molecule has 1 aliphatic rings. The van der Waals surface area contributed by atoms with Crippen LogP contribution in [-0.4, -0.2) is 23.1 Å². The van der Waals surface area contributed by atoms with Crippen LogP contribution in [0.5, 0.6) is 0 Å². The lowest BCUT2D eigenvalue weighted by Crippen LogP contribution is -2.29. The molecule has 124 valence electrons. The summed E-state index contributed by atoms with van der Waals surface area (Å²) in [4.78, 5) is 11.1.